The SMILES string of the molecule is CCn1cc(C2CC2C(=O)O)nn1. The van der Waals surface area contributed by atoms with Crippen LogP contribution in [-0.2, 0) is 11.3 Å². The lowest BCUT2D eigenvalue weighted by Gasteiger charge is -1.89. The van der Waals surface area contributed by atoms with Gasteiger partial charge < -0.3 is 5.11 Å². The van der Waals surface area contributed by atoms with Gasteiger partial charge in [0.15, 0.2) is 0 Å². The average Bonchev–Trinajstić information content (AvgIpc) is 2.78. The summed E-state index contributed by atoms with van der Waals surface area (Å²) in [6.45, 7) is 2.75. The summed E-state index contributed by atoms with van der Waals surface area (Å²) in [5.41, 5.74) is 0.814. The Balaban J connectivity index is 2.07. The topological polar surface area (TPSA) is 68.0 Å². The van der Waals surface area contributed by atoms with E-state index in [1.54, 1.807) is 4.68 Å². The van der Waals surface area contributed by atoms with Crippen LogP contribution in [0, 0.1) is 5.92 Å². The second kappa shape index (κ2) is 2.83. The van der Waals surface area contributed by atoms with Gasteiger partial charge in [0.25, 0.3) is 0 Å². The van der Waals surface area contributed by atoms with Crippen LogP contribution in [0.5, 0.6) is 0 Å². The van der Waals surface area contributed by atoms with E-state index in [0.717, 1.165) is 12.2 Å². The molecule has 5 nitrogen and oxygen atoms in total. The number of aromatic nitrogens is 3. The fourth-order valence-electron chi connectivity index (χ4n) is 1.43. The molecule has 0 amide bonds. The second-order valence-electron chi connectivity index (χ2n) is 3.29. The van der Waals surface area contributed by atoms with Gasteiger partial charge in [0.05, 0.1) is 11.6 Å². The van der Waals surface area contributed by atoms with Crippen LogP contribution >= 0.6 is 0 Å². The van der Waals surface area contributed by atoms with Gasteiger partial charge in [0, 0.05) is 18.7 Å². The number of hydrogen-bond donors (Lipinski definition) is 1. The Morgan fingerprint density at radius 1 is 1.85 bits per heavy atom. The van der Waals surface area contributed by atoms with Gasteiger partial charge in [-0.15, -0.1) is 5.10 Å². The first-order valence-corrected chi connectivity index (χ1v) is 4.35. The Morgan fingerprint density at radius 3 is 3.08 bits per heavy atom. The molecule has 70 valence electrons. The molecule has 1 aromatic rings. The monoisotopic (exact) mass is 181 g/mol. The number of carboxylic acid groups (broad SMARTS) is 1. The van der Waals surface area contributed by atoms with Crippen molar-refractivity contribution in [3.05, 3.63) is 11.9 Å². The molecule has 0 spiro atoms. The van der Waals surface area contributed by atoms with Gasteiger partial charge in [-0.05, 0) is 13.3 Å². The normalized spacial score (nSPS) is 25.9. The molecule has 1 saturated carbocycles. The highest BCUT2D eigenvalue weighted by Gasteiger charge is 2.45. The Kier molecular flexibility index (Phi) is 1.79. The molecule has 1 fully saturated rings. The maximum atomic E-state index is 10.6. The lowest BCUT2D eigenvalue weighted by molar-refractivity contribution is -0.138. The van der Waals surface area contributed by atoms with E-state index in [2.05, 4.69) is 10.3 Å². The molecular formula is C8H11N3O2. The van der Waals surface area contributed by atoms with E-state index < -0.39 is 5.97 Å². The number of aryl methyl sites for hydroxylation is 1. The predicted molar refractivity (Wildman–Crippen MR) is 44.2 cm³/mol. The molecule has 1 heterocycles. The quantitative estimate of drug-likeness (QED) is 0.736. The molecular weight excluding hydrogens is 170 g/mol. The van der Waals surface area contributed by atoms with Crippen LogP contribution in [0.1, 0.15) is 25.0 Å². The highest BCUT2D eigenvalue weighted by atomic mass is 16.4. The third-order valence-electron chi connectivity index (χ3n) is 2.37. The molecule has 1 aromatic heterocycles. The van der Waals surface area contributed by atoms with Crippen molar-refractivity contribution in [2.24, 2.45) is 5.92 Å². The zero-order valence-electron chi connectivity index (χ0n) is 7.34. The summed E-state index contributed by atoms with van der Waals surface area (Å²) in [6.07, 6.45) is 2.53. The van der Waals surface area contributed by atoms with E-state index >= 15 is 0 Å². The molecule has 1 aliphatic carbocycles. The Hall–Kier alpha value is -1.39. The number of rotatable bonds is 3. The van der Waals surface area contributed by atoms with Crippen molar-refractivity contribution in [2.75, 3.05) is 0 Å². The van der Waals surface area contributed by atoms with Crippen LogP contribution in [0.2, 0.25) is 0 Å². The maximum absolute atomic E-state index is 10.6. The second-order valence-corrected chi connectivity index (χ2v) is 3.29. The first-order chi connectivity index (χ1) is 6.22. The van der Waals surface area contributed by atoms with Gasteiger partial charge in [-0.1, -0.05) is 5.21 Å². The van der Waals surface area contributed by atoms with Crippen LogP contribution in [0.3, 0.4) is 0 Å². The van der Waals surface area contributed by atoms with E-state index in [9.17, 15) is 4.79 Å². The van der Waals surface area contributed by atoms with Gasteiger partial charge in [-0.3, -0.25) is 9.48 Å². The fourth-order valence-corrected chi connectivity index (χ4v) is 1.43. The summed E-state index contributed by atoms with van der Waals surface area (Å²) in [6, 6.07) is 0. The molecule has 1 aliphatic rings. The molecule has 0 bridgehead atoms. The van der Waals surface area contributed by atoms with E-state index in [0.29, 0.717) is 6.42 Å². The number of hydrogen-bond acceptors (Lipinski definition) is 3. The van der Waals surface area contributed by atoms with E-state index in [1.165, 1.54) is 0 Å². The van der Waals surface area contributed by atoms with Crippen molar-refractivity contribution in [3.63, 3.8) is 0 Å². The van der Waals surface area contributed by atoms with Crippen molar-refractivity contribution < 1.29 is 9.90 Å². The zero-order valence-corrected chi connectivity index (χ0v) is 7.34. The van der Waals surface area contributed by atoms with Crippen molar-refractivity contribution >= 4 is 5.97 Å². The largest absolute Gasteiger partial charge is 0.481 e. The zero-order chi connectivity index (χ0) is 9.42. The molecule has 0 saturated heterocycles. The smallest absolute Gasteiger partial charge is 0.307 e. The van der Waals surface area contributed by atoms with Gasteiger partial charge in [-0.2, -0.15) is 0 Å². The van der Waals surface area contributed by atoms with Crippen LogP contribution in [0.25, 0.3) is 0 Å². The Morgan fingerprint density at radius 2 is 2.62 bits per heavy atom. The highest BCUT2D eigenvalue weighted by molar-refractivity contribution is 5.74. The van der Waals surface area contributed by atoms with Gasteiger partial charge in [-0.25, -0.2) is 0 Å². The van der Waals surface area contributed by atoms with Crippen molar-refractivity contribution in [2.45, 2.75) is 25.8 Å². The van der Waals surface area contributed by atoms with Crippen molar-refractivity contribution in [1.82, 2.24) is 15.0 Å². The standard InChI is InChI=1S/C8H11N3O2/c1-2-11-4-7(9-10-11)5-3-6(5)8(12)13/h4-6H,2-3H2,1H3,(H,12,13). The summed E-state index contributed by atoms with van der Waals surface area (Å²) in [5, 5.41) is 16.5. The summed E-state index contributed by atoms with van der Waals surface area (Å²) >= 11 is 0. The first kappa shape index (κ1) is 8.22. The number of carboxylic acids is 1. The molecule has 2 rings (SSSR count). The lowest BCUT2D eigenvalue weighted by Crippen LogP contribution is -1.98. The molecule has 13 heavy (non-hydrogen) atoms. The third-order valence-corrected chi connectivity index (χ3v) is 2.37. The molecule has 0 radical (unpaired) electrons. The number of carbonyl (C=O) groups is 1. The highest BCUT2D eigenvalue weighted by Crippen LogP contribution is 2.46. The third kappa shape index (κ3) is 1.41. The minimum atomic E-state index is -0.726. The fraction of sp³-hybridized carbons (Fsp3) is 0.625. The number of aliphatic carboxylic acids is 1. The van der Waals surface area contributed by atoms with Crippen molar-refractivity contribution in [3.8, 4) is 0 Å². The minimum absolute atomic E-state index is 0.0952. The first-order valence-electron chi connectivity index (χ1n) is 4.35. The summed E-state index contributed by atoms with van der Waals surface area (Å²) in [4.78, 5) is 10.6. The Bertz CT molecular complexity index is 334. The van der Waals surface area contributed by atoms with Crippen LogP contribution in [0.15, 0.2) is 6.20 Å². The molecule has 2 unspecified atom stereocenters. The summed E-state index contributed by atoms with van der Waals surface area (Å²) in [5.74, 6) is -0.865. The van der Waals surface area contributed by atoms with Crippen LogP contribution < -0.4 is 0 Å². The molecule has 0 aromatic carbocycles. The predicted octanol–water partition coefficient (Wildman–Crippen LogP) is 0.486. The molecule has 0 aliphatic heterocycles. The van der Waals surface area contributed by atoms with Crippen LogP contribution in [-0.4, -0.2) is 26.1 Å². The van der Waals surface area contributed by atoms with Gasteiger partial charge >= 0.3 is 5.97 Å². The van der Waals surface area contributed by atoms with Crippen LogP contribution in [0.4, 0.5) is 0 Å². The van der Waals surface area contributed by atoms with E-state index in [1.807, 2.05) is 13.1 Å². The molecule has 1 N–H and O–H groups in total. The lowest BCUT2D eigenvalue weighted by atomic mass is 10.2. The Labute approximate surface area is 75.4 Å². The number of nitrogens with zero attached hydrogens (tertiary/aromatic N) is 3. The van der Waals surface area contributed by atoms with Gasteiger partial charge in [0.2, 0.25) is 0 Å². The molecule has 2 atom stereocenters. The average molecular weight is 181 g/mol. The minimum Gasteiger partial charge on any atom is -0.481 e. The summed E-state index contributed by atoms with van der Waals surface area (Å²) in [7, 11) is 0. The molecule has 5 heteroatoms. The van der Waals surface area contributed by atoms with E-state index in [4.69, 9.17) is 5.11 Å². The van der Waals surface area contributed by atoms with Gasteiger partial charge in [0.1, 0.15) is 0 Å². The van der Waals surface area contributed by atoms with Crippen molar-refractivity contribution in [1.29, 1.82) is 0 Å². The van der Waals surface area contributed by atoms with E-state index in [-0.39, 0.29) is 11.8 Å². The maximum Gasteiger partial charge on any atom is 0.307 e. The summed E-state index contributed by atoms with van der Waals surface area (Å²) < 4.78 is 1.71.